The van der Waals surface area contributed by atoms with Gasteiger partial charge in [0.25, 0.3) is 0 Å². The van der Waals surface area contributed by atoms with E-state index in [1.165, 1.54) is 10.5 Å². The highest BCUT2D eigenvalue weighted by molar-refractivity contribution is 7.99. The molecule has 0 heterocycles. The number of hydrogen-bond acceptors (Lipinski definition) is 4. The number of hydrogen-bond donors (Lipinski definition) is 2. The molecule has 0 aliphatic carbocycles. The first kappa shape index (κ1) is 17.5. The van der Waals surface area contributed by atoms with Crippen LogP contribution in [-0.4, -0.2) is 36.7 Å². The van der Waals surface area contributed by atoms with Crippen molar-refractivity contribution in [1.29, 1.82) is 0 Å². The SMILES string of the molecule is CCOCC(O)CSc1cccc(CNCC(C)C)c1. The molecule has 1 unspecified atom stereocenters. The van der Waals surface area contributed by atoms with Gasteiger partial charge in [-0.25, -0.2) is 0 Å². The number of aliphatic hydroxyl groups is 1. The zero-order valence-electron chi connectivity index (χ0n) is 12.8. The van der Waals surface area contributed by atoms with Gasteiger partial charge in [-0.2, -0.15) is 0 Å². The summed E-state index contributed by atoms with van der Waals surface area (Å²) in [6.07, 6.45) is -0.400. The van der Waals surface area contributed by atoms with E-state index in [1.807, 2.05) is 6.92 Å². The van der Waals surface area contributed by atoms with Crippen molar-refractivity contribution in [3.8, 4) is 0 Å². The van der Waals surface area contributed by atoms with Crippen molar-refractivity contribution in [3.05, 3.63) is 29.8 Å². The lowest BCUT2D eigenvalue weighted by Gasteiger charge is -2.11. The summed E-state index contributed by atoms with van der Waals surface area (Å²) in [6.45, 7) is 9.35. The minimum atomic E-state index is -0.400. The minimum Gasteiger partial charge on any atom is -0.390 e. The van der Waals surface area contributed by atoms with Crippen molar-refractivity contribution in [3.63, 3.8) is 0 Å². The van der Waals surface area contributed by atoms with E-state index in [2.05, 4.69) is 43.4 Å². The average molecular weight is 297 g/mol. The van der Waals surface area contributed by atoms with Crippen LogP contribution in [0.2, 0.25) is 0 Å². The van der Waals surface area contributed by atoms with Crippen LogP contribution in [0.1, 0.15) is 26.3 Å². The topological polar surface area (TPSA) is 41.5 Å². The summed E-state index contributed by atoms with van der Waals surface area (Å²) >= 11 is 1.68. The average Bonchev–Trinajstić information content (AvgIpc) is 2.43. The van der Waals surface area contributed by atoms with Crippen molar-refractivity contribution >= 4 is 11.8 Å². The third-order valence-corrected chi connectivity index (χ3v) is 3.88. The zero-order chi connectivity index (χ0) is 14.8. The molecule has 20 heavy (non-hydrogen) atoms. The second kappa shape index (κ2) is 10.2. The zero-order valence-corrected chi connectivity index (χ0v) is 13.6. The summed E-state index contributed by atoms with van der Waals surface area (Å²) in [6, 6.07) is 8.48. The maximum atomic E-state index is 9.76. The number of rotatable bonds is 10. The molecule has 0 aliphatic heterocycles. The fourth-order valence-electron chi connectivity index (χ4n) is 1.74. The van der Waals surface area contributed by atoms with Gasteiger partial charge in [0.2, 0.25) is 0 Å². The Morgan fingerprint density at radius 1 is 1.35 bits per heavy atom. The van der Waals surface area contributed by atoms with Gasteiger partial charge in [-0.15, -0.1) is 11.8 Å². The number of ether oxygens (including phenoxy) is 1. The number of thioether (sulfide) groups is 1. The molecule has 1 aromatic carbocycles. The van der Waals surface area contributed by atoms with Crippen LogP contribution >= 0.6 is 11.8 Å². The van der Waals surface area contributed by atoms with E-state index in [0.29, 0.717) is 24.9 Å². The van der Waals surface area contributed by atoms with Crippen LogP contribution < -0.4 is 5.32 Å². The van der Waals surface area contributed by atoms with Crippen LogP contribution in [0, 0.1) is 5.92 Å². The molecule has 0 radical (unpaired) electrons. The first-order chi connectivity index (χ1) is 9.61. The maximum absolute atomic E-state index is 9.76. The van der Waals surface area contributed by atoms with Gasteiger partial charge in [0.1, 0.15) is 0 Å². The quantitative estimate of drug-likeness (QED) is 0.652. The Balaban J connectivity index is 2.35. The summed E-state index contributed by atoms with van der Waals surface area (Å²) < 4.78 is 5.21. The van der Waals surface area contributed by atoms with Gasteiger partial charge in [0, 0.05) is 23.8 Å². The summed E-state index contributed by atoms with van der Waals surface area (Å²) in [4.78, 5) is 1.20. The second-order valence-corrected chi connectivity index (χ2v) is 6.39. The van der Waals surface area contributed by atoms with Gasteiger partial charge >= 0.3 is 0 Å². The lowest BCUT2D eigenvalue weighted by Crippen LogP contribution is -2.19. The summed E-state index contributed by atoms with van der Waals surface area (Å²) in [5.74, 6) is 1.34. The van der Waals surface area contributed by atoms with Gasteiger partial charge in [-0.05, 0) is 37.1 Å². The Morgan fingerprint density at radius 3 is 2.85 bits per heavy atom. The Labute approximate surface area is 127 Å². The van der Waals surface area contributed by atoms with Gasteiger partial charge in [-0.1, -0.05) is 26.0 Å². The largest absolute Gasteiger partial charge is 0.390 e. The first-order valence-corrected chi connectivity index (χ1v) is 8.28. The molecule has 0 saturated carbocycles. The molecule has 1 rings (SSSR count). The van der Waals surface area contributed by atoms with E-state index in [0.717, 1.165) is 13.1 Å². The molecule has 0 saturated heterocycles. The van der Waals surface area contributed by atoms with E-state index in [-0.39, 0.29) is 0 Å². The van der Waals surface area contributed by atoms with Crippen LogP contribution in [0.25, 0.3) is 0 Å². The van der Waals surface area contributed by atoms with Crippen LogP contribution in [0.15, 0.2) is 29.2 Å². The number of benzene rings is 1. The molecule has 0 aliphatic rings. The standard InChI is InChI=1S/C16H27NO2S/c1-4-19-11-15(18)12-20-16-7-5-6-14(8-16)10-17-9-13(2)3/h5-8,13,15,17-18H,4,9-12H2,1-3H3. The lowest BCUT2D eigenvalue weighted by molar-refractivity contribution is 0.0551. The molecule has 1 aromatic rings. The first-order valence-electron chi connectivity index (χ1n) is 7.30. The summed E-state index contributed by atoms with van der Waals surface area (Å²) in [5.41, 5.74) is 1.29. The van der Waals surface area contributed by atoms with Crippen LogP contribution in [-0.2, 0) is 11.3 Å². The fraction of sp³-hybridized carbons (Fsp3) is 0.625. The van der Waals surface area contributed by atoms with E-state index < -0.39 is 6.10 Å². The molecule has 0 spiro atoms. The Bertz CT molecular complexity index is 371. The van der Waals surface area contributed by atoms with Gasteiger partial charge in [-0.3, -0.25) is 0 Å². The third kappa shape index (κ3) is 7.90. The molecule has 2 N–H and O–H groups in total. The number of aliphatic hydroxyl groups excluding tert-OH is 1. The van der Waals surface area contributed by atoms with Crippen LogP contribution in [0.3, 0.4) is 0 Å². The summed E-state index contributed by atoms with van der Waals surface area (Å²) in [5, 5.41) is 13.2. The predicted octanol–water partition coefficient (Wildman–Crippen LogP) is 2.92. The summed E-state index contributed by atoms with van der Waals surface area (Å²) in [7, 11) is 0. The smallest absolute Gasteiger partial charge is 0.0867 e. The highest BCUT2D eigenvalue weighted by atomic mass is 32.2. The van der Waals surface area contributed by atoms with E-state index >= 15 is 0 Å². The normalized spacial score (nSPS) is 12.8. The highest BCUT2D eigenvalue weighted by Crippen LogP contribution is 2.20. The van der Waals surface area contributed by atoms with Gasteiger partial charge in [0.15, 0.2) is 0 Å². The van der Waals surface area contributed by atoms with Gasteiger partial charge in [0.05, 0.1) is 12.7 Å². The molecular weight excluding hydrogens is 270 g/mol. The highest BCUT2D eigenvalue weighted by Gasteiger charge is 2.05. The molecule has 4 heteroatoms. The Kier molecular flexibility index (Phi) is 8.94. The van der Waals surface area contributed by atoms with Crippen LogP contribution in [0.5, 0.6) is 0 Å². The van der Waals surface area contributed by atoms with Gasteiger partial charge < -0.3 is 15.2 Å². The number of nitrogens with one attached hydrogen (secondary N) is 1. The second-order valence-electron chi connectivity index (χ2n) is 5.30. The van der Waals surface area contributed by atoms with E-state index in [4.69, 9.17) is 4.74 Å². The molecule has 0 aromatic heterocycles. The molecular formula is C16H27NO2S. The molecule has 3 nitrogen and oxygen atoms in total. The fourth-order valence-corrected chi connectivity index (χ4v) is 2.64. The predicted molar refractivity (Wildman–Crippen MR) is 86.2 cm³/mol. The molecule has 0 bridgehead atoms. The van der Waals surface area contributed by atoms with E-state index in [9.17, 15) is 5.11 Å². The molecule has 0 fully saturated rings. The lowest BCUT2D eigenvalue weighted by atomic mass is 10.2. The monoisotopic (exact) mass is 297 g/mol. The molecule has 1 atom stereocenters. The minimum absolute atomic E-state index is 0.400. The van der Waals surface area contributed by atoms with E-state index in [1.54, 1.807) is 11.8 Å². The Hall–Kier alpha value is -0.550. The van der Waals surface area contributed by atoms with Crippen molar-refractivity contribution in [2.24, 2.45) is 5.92 Å². The molecule has 0 amide bonds. The maximum Gasteiger partial charge on any atom is 0.0867 e. The van der Waals surface area contributed by atoms with Crippen LogP contribution in [0.4, 0.5) is 0 Å². The van der Waals surface area contributed by atoms with Crippen molar-refractivity contribution in [2.75, 3.05) is 25.5 Å². The molecule has 114 valence electrons. The van der Waals surface area contributed by atoms with Crippen molar-refractivity contribution < 1.29 is 9.84 Å². The van der Waals surface area contributed by atoms with Crippen molar-refractivity contribution in [1.82, 2.24) is 5.32 Å². The third-order valence-electron chi connectivity index (χ3n) is 2.74. The van der Waals surface area contributed by atoms with Crippen molar-refractivity contribution in [2.45, 2.75) is 38.3 Å². The Morgan fingerprint density at radius 2 is 2.15 bits per heavy atom.